The SMILES string of the molecule is COC(=O)c1cn(C2COC3C(NC(=O)c4ccc(C(F)(F)F)cc4)COC32)nn1. The zero-order valence-corrected chi connectivity index (χ0v) is 15.6. The van der Waals surface area contributed by atoms with Crippen LogP contribution in [0.15, 0.2) is 30.5 Å². The highest BCUT2D eigenvalue weighted by Crippen LogP contribution is 2.34. The van der Waals surface area contributed by atoms with Gasteiger partial charge in [-0.15, -0.1) is 5.10 Å². The van der Waals surface area contributed by atoms with Crippen molar-refractivity contribution in [3.63, 3.8) is 0 Å². The van der Waals surface area contributed by atoms with Gasteiger partial charge in [0.1, 0.15) is 18.2 Å². The van der Waals surface area contributed by atoms with Crippen molar-refractivity contribution in [1.29, 1.82) is 0 Å². The van der Waals surface area contributed by atoms with Crippen LogP contribution in [0, 0.1) is 0 Å². The quantitative estimate of drug-likeness (QED) is 0.733. The van der Waals surface area contributed by atoms with E-state index in [-0.39, 0.29) is 30.5 Å². The van der Waals surface area contributed by atoms with E-state index in [1.54, 1.807) is 0 Å². The van der Waals surface area contributed by atoms with Crippen LogP contribution in [0.25, 0.3) is 0 Å². The Labute approximate surface area is 168 Å². The monoisotopic (exact) mass is 426 g/mol. The Hall–Kier alpha value is -2.99. The number of esters is 1. The van der Waals surface area contributed by atoms with Gasteiger partial charge in [0.25, 0.3) is 5.91 Å². The second kappa shape index (κ2) is 7.69. The summed E-state index contributed by atoms with van der Waals surface area (Å²) in [4.78, 5) is 24.0. The highest BCUT2D eigenvalue weighted by Gasteiger charge is 2.49. The van der Waals surface area contributed by atoms with Gasteiger partial charge in [-0.05, 0) is 24.3 Å². The fraction of sp³-hybridized carbons (Fsp3) is 0.444. The number of benzene rings is 1. The Morgan fingerprint density at radius 2 is 1.87 bits per heavy atom. The van der Waals surface area contributed by atoms with Gasteiger partial charge in [0, 0.05) is 5.56 Å². The minimum absolute atomic E-state index is 0.0473. The maximum Gasteiger partial charge on any atom is 0.416 e. The lowest BCUT2D eigenvalue weighted by Gasteiger charge is -2.18. The molecule has 1 aromatic carbocycles. The molecule has 2 fully saturated rings. The highest BCUT2D eigenvalue weighted by atomic mass is 19.4. The van der Waals surface area contributed by atoms with Crippen LogP contribution in [0.2, 0.25) is 0 Å². The van der Waals surface area contributed by atoms with Gasteiger partial charge in [0.15, 0.2) is 5.69 Å². The van der Waals surface area contributed by atoms with E-state index >= 15 is 0 Å². The average molecular weight is 426 g/mol. The molecule has 0 aliphatic carbocycles. The third kappa shape index (κ3) is 3.75. The number of hydrogen-bond donors (Lipinski definition) is 1. The molecule has 2 aliphatic heterocycles. The first-order chi connectivity index (χ1) is 14.3. The lowest BCUT2D eigenvalue weighted by atomic mass is 10.1. The van der Waals surface area contributed by atoms with Crippen molar-refractivity contribution in [3.05, 3.63) is 47.3 Å². The van der Waals surface area contributed by atoms with E-state index in [2.05, 4.69) is 20.4 Å². The average Bonchev–Trinajstić information content (AvgIpc) is 3.44. The predicted molar refractivity (Wildman–Crippen MR) is 92.6 cm³/mol. The number of nitrogens with zero attached hydrogens (tertiary/aromatic N) is 3. The smallest absolute Gasteiger partial charge is 0.416 e. The summed E-state index contributed by atoms with van der Waals surface area (Å²) in [6, 6.07) is 3.11. The first kappa shape index (κ1) is 20.3. The number of carbonyl (C=O) groups excluding carboxylic acids is 2. The fourth-order valence-electron chi connectivity index (χ4n) is 3.53. The highest BCUT2D eigenvalue weighted by molar-refractivity contribution is 5.94. The van der Waals surface area contributed by atoms with Crippen molar-refractivity contribution in [2.24, 2.45) is 0 Å². The predicted octanol–water partition coefficient (Wildman–Crippen LogP) is 1.22. The lowest BCUT2D eigenvalue weighted by Crippen LogP contribution is -2.44. The molecule has 0 saturated carbocycles. The van der Waals surface area contributed by atoms with Gasteiger partial charge in [0.2, 0.25) is 0 Å². The Morgan fingerprint density at radius 1 is 1.17 bits per heavy atom. The normalized spacial score (nSPS) is 25.7. The summed E-state index contributed by atoms with van der Waals surface area (Å²) in [6.07, 6.45) is -3.95. The zero-order chi connectivity index (χ0) is 21.5. The number of rotatable bonds is 4. The molecule has 30 heavy (non-hydrogen) atoms. The number of carbonyl (C=O) groups is 2. The van der Waals surface area contributed by atoms with E-state index in [1.807, 2.05) is 0 Å². The lowest BCUT2D eigenvalue weighted by molar-refractivity contribution is -0.137. The summed E-state index contributed by atoms with van der Waals surface area (Å²) >= 11 is 0. The van der Waals surface area contributed by atoms with Gasteiger partial charge in [-0.1, -0.05) is 5.21 Å². The molecule has 0 spiro atoms. The Morgan fingerprint density at radius 3 is 2.53 bits per heavy atom. The number of alkyl halides is 3. The van der Waals surface area contributed by atoms with Gasteiger partial charge >= 0.3 is 12.1 Å². The Balaban J connectivity index is 1.40. The minimum atomic E-state index is -4.47. The van der Waals surface area contributed by atoms with E-state index in [1.165, 1.54) is 18.0 Å². The molecule has 1 N–H and O–H groups in total. The van der Waals surface area contributed by atoms with Crippen molar-refractivity contribution >= 4 is 11.9 Å². The fourth-order valence-corrected chi connectivity index (χ4v) is 3.53. The molecular formula is C18H17F3N4O5. The molecule has 2 aromatic rings. The molecule has 9 nitrogen and oxygen atoms in total. The number of nitrogens with one attached hydrogen (secondary N) is 1. The molecule has 1 amide bonds. The van der Waals surface area contributed by atoms with E-state index in [9.17, 15) is 22.8 Å². The van der Waals surface area contributed by atoms with Gasteiger partial charge < -0.3 is 19.5 Å². The van der Waals surface area contributed by atoms with E-state index in [0.717, 1.165) is 24.3 Å². The first-order valence-electron chi connectivity index (χ1n) is 8.99. The second-order valence-electron chi connectivity index (χ2n) is 6.89. The molecule has 0 bridgehead atoms. The standard InChI is InChI=1S/C18H17F3N4O5/c1-28-17(27)11-6-25(24-23-11)13-8-30-14-12(7-29-15(13)14)22-16(26)9-2-4-10(5-3-9)18(19,20)21/h2-6,12-15H,7-8H2,1H3,(H,22,26). The second-order valence-corrected chi connectivity index (χ2v) is 6.89. The molecule has 3 heterocycles. The third-order valence-corrected chi connectivity index (χ3v) is 5.06. The molecule has 4 unspecified atom stereocenters. The van der Waals surface area contributed by atoms with Crippen LogP contribution in [0.5, 0.6) is 0 Å². The number of ether oxygens (including phenoxy) is 3. The van der Waals surface area contributed by atoms with Crippen molar-refractivity contribution in [2.75, 3.05) is 20.3 Å². The minimum Gasteiger partial charge on any atom is -0.464 e. The number of methoxy groups -OCH3 is 1. The number of fused-ring (bicyclic) bond motifs is 1. The first-order valence-corrected chi connectivity index (χ1v) is 8.99. The van der Waals surface area contributed by atoms with Crippen LogP contribution in [-0.2, 0) is 20.4 Å². The molecule has 160 valence electrons. The van der Waals surface area contributed by atoms with Crippen molar-refractivity contribution < 1.29 is 37.0 Å². The summed E-state index contributed by atoms with van der Waals surface area (Å²) in [5.41, 5.74) is -0.685. The molecule has 12 heteroatoms. The number of halogens is 3. The maximum atomic E-state index is 12.7. The van der Waals surface area contributed by atoms with Crippen LogP contribution in [0.3, 0.4) is 0 Å². The van der Waals surface area contributed by atoms with Gasteiger partial charge in [-0.25, -0.2) is 9.48 Å². The van der Waals surface area contributed by atoms with E-state index in [0.29, 0.717) is 0 Å². The molecule has 0 radical (unpaired) electrons. The molecular weight excluding hydrogens is 409 g/mol. The molecule has 4 rings (SSSR count). The Kier molecular flexibility index (Phi) is 5.20. The molecule has 2 saturated heterocycles. The van der Waals surface area contributed by atoms with E-state index < -0.39 is 41.9 Å². The van der Waals surface area contributed by atoms with E-state index in [4.69, 9.17) is 9.47 Å². The summed E-state index contributed by atoms with van der Waals surface area (Å²) in [5.74, 6) is -1.15. The van der Waals surface area contributed by atoms with Gasteiger partial charge in [-0.3, -0.25) is 4.79 Å². The van der Waals surface area contributed by atoms with Crippen molar-refractivity contribution in [3.8, 4) is 0 Å². The van der Waals surface area contributed by atoms with Crippen LogP contribution in [0.4, 0.5) is 13.2 Å². The van der Waals surface area contributed by atoms with Gasteiger partial charge in [0.05, 0.1) is 38.1 Å². The van der Waals surface area contributed by atoms with Crippen molar-refractivity contribution in [1.82, 2.24) is 20.3 Å². The van der Waals surface area contributed by atoms with Crippen LogP contribution in [-0.4, -0.2) is 65.4 Å². The van der Waals surface area contributed by atoms with Gasteiger partial charge in [-0.2, -0.15) is 13.2 Å². The number of aromatic nitrogens is 3. The summed E-state index contributed by atoms with van der Waals surface area (Å²) in [7, 11) is 1.24. The Bertz CT molecular complexity index is 946. The van der Waals surface area contributed by atoms with Crippen LogP contribution in [0.1, 0.15) is 32.5 Å². The topological polar surface area (TPSA) is 105 Å². The zero-order valence-electron chi connectivity index (χ0n) is 15.6. The van der Waals surface area contributed by atoms with Crippen LogP contribution >= 0.6 is 0 Å². The third-order valence-electron chi connectivity index (χ3n) is 5.06. The number of hydrogen-bond acceptors (Lipinski definition) is 7. The largest absolute Gasteiger partial charge is 0.464 e. The molecule has 2 aliphatic rings. The maximum absolute atomic E-state index is 12.7. The van der Waals surface area contributed by atoms with Crippen molar-refractivity contribution in [2.45, 2.75) is 30.5 Å². The molecule has 1 aromatic heterocycles. The summed E-state index contributed by atoms with van der Waals surface area (Å²) < 4.78 is 55.6. The van der Waals surface area contributed by atoms with Crippen LogP contribution < -0.4 is 5.32 Å². The number of amides is 1. The summed E-state index contributed by atoms with van der Waals surface area (Å²) in [6.45, 7) is 0.392. The summed E-state index contributed by atoms with van der Waals surface area (Å²) in [5, 5.41) is 10.4. The molecule has 4 atom stereocenters.